The lowest BCUT2D eigenvalue weighted by Crippen LogP contribution is -2.27. The number of hydrogen-bond donors (Lipinski definition) is 1. The average molecular weight is 343 g/mol. The molecule has 3 rings (SSSR count). The summed E-state index contributed by atoms with van der Waals surface area (Å²) in [5, 5.41) is 3.22. The summed E-state index contributed by atoms with van der Waals surface area (Å²) in [7, 11) is 0. The van der Waals surface area contributed by atoms with Crippen LogP contribution in [-0.4, -0.2) is 21.7 Å². The van der Waals surface area contributed by atoms with Crippen molar-refractivity contribution in [1.29, 1.82) is 0 Å². The fourth-order valence-corrected chi connectivity index (χ4v) is 2.90. The van der Waals surface area contributed by atoms with Gasteiger partial charge in [0.15, 0.2) is 0 Å². The van der Waals surface area contributed by atoms with Gasteiger partial charge in [-0.15, -0.1) is 11.8 Å². The molecule has 1 N–H and O–H groups in total. The first-order chi connectivity index (χ1) is 11.5. The number of carbonyl (C=O) groups is 1. The third-order valence-corrected chi connectivity index (χ3v) is 4.55. The van der Waals surface area contributed by atoms with Crippen LogP contribution in [0, 0.1) is 13.8 Å². The summed E-state index contributed by atoms with van der Waals surface area (Å²) in [4.78, 5) is 29.9. The molecule has 0 aliphatic heterocycles. The number of amides is 1. The Labute approximate surface area is 142 Å². The van der Waals surface area contributed by atoms with E-state index < -0.39 is 0 Å². The zero-order chi connectivity index (χ0) is 17.3. The van der Waals surface area contributed by atoms with Crippen LogP contribution in [0.15, 0.2) is 44.7 Å². The van der Waals surface area contributed by atoms with E-state index >= 15 is 0 Å². The summed E-state index contributed by atoms with van der Waals surface area (Å²) < 4.78 is 6.72. The number of rotatable bonds is 4. The second-order valence-electron chi connectivity index (χ2n) is 5.42. The minimum atomic E-state index is -0.283. The molecule has 0 radical (unpaired) electrons. The van der Waals surface area contributed by atoms with Crippen molar-refractivity contribution in [1.82, 2.24) is 9.55 Å². The van der Waals surface area contributed by atoms with Gasteiger partial charge in [0, 0.05) is 16.1 Å². The number of nitrogens with zero attached hydrogens (tertiary/aromatic N) is 2. The molecule has 0 bridgehead atoms. The van der Waals surface area contributed by atoms with Crippen molar-refractivity contribution in [2.45, 2.75) is 25.3 Å². The first-order valence-electron chi connectivity index (χ1n) is 7.38. The average Bonchev–Trinajstić information content (AvgIpc) is 2.85. The van der Waals surface area contributed by atoms with Crippen molar-refractivity contribution in [3.63, 3.8) is 0 Å². The Balaban J connectivity index is 1.84. The zero-order valence-corrected chi connectivity index (χ0v) is 14.4. The molecule has 0 unspecified atom stereocenters. The van der Waals surface area contributed by atoms with Crippen LogP contribution in [0.5, 0.6) is 0 Å². The normalized spacial score (nSPS) is 11.0. The van der Waals surface area contributed by atoms with E-state index in [1.807, 2.05) is 37.4 Å². The van der Waals surface area contributed by atoms with Gasteiger partial charge >= 0.3 is 0 Å². The van der Waals surface area contributed by atoms with Crippen LogP contribution >= 0.6 is 11.8 Å². The van der Waals surface area contributed by atoms with E-state index in [0.29, 0.717) is 22.5 Å². The fraction of sp³-hybridized carbons (Fsp3) is 0.235. The number of fused-ring (bicyclic) bond motifs is 1. The molecule has 24 heavy (non-hydrogen) atoms. The topological polar surface area (TPSA) is 77.1 Å². The van der Waals surface area contributed by atoms with Crippen molar-refractivity contribution in [3.05, 3.63) is 52.3 Å². The molecule has 0 aliphatic carbocycles. The Bertz CT molecular complexity index is 975. The number of hydrogen-bond acceptors (Lipinski definition) is 5. The molecule has 0 saturated heterocycles. The molecule has 0 fully saturated rings. The van der Waals surface area contributed by atoms with Crippen molar-refractivity contribution in [2.24, 2.45) is 0 Å². The third-order valence-electron chi connectivity index (χ3n) is 3.82. The van der Waals surface area contributed by atoms with Gasteiger partial charge in [0.05, 0.1) is 0 Å². The van der Waals surface area contributed by atoms with E-state index in [1.165, 1.54) is 10.9 Å². The first-order valence-corrected chi connectivity index (χ1v) is 8.61. The smallest absolute Gasteiger partial charge is 0.265 e. The molecule has 0 atom stereocenters. The number of nitrogens with one attached hydrogen (secondary N) is 1. The highest BCUT2D eigenvalue weighted by Crippen LogP contribution is 2.20. The lowest BCUT2D eigenvalue weighted by molar-refractivity contribution is -0.116. The molecule has 2 aromatic heterocycles. The SMILES string of the molecule is CSc1cccc(NC(=O)Cn2cnc3oc(C)c(C)c3c2=O)c1. The van der Waals surface area contributed by atoms with Gasteiger partial charge in [0.2, 0.25) is 11.6 Å². The number of carbonyl (C=O) groups excluding carboxylic acids is 1. The number of thioether (sulfide) groups is 1. The van der Waals surface area contributed by atoms with E-state index in [-0.39, 0.29) is 18.0 Å². The second-order valence-corrected chi connectivity index (χ2v) is 6.30. The van der Waals surface area contributed by atoms with Crippen molar-refractivity contribution in [2.75, 3.05) is 11.6 Å². The number of anilines is 1. The zero-order valence-electron chi connectivity index (χ0n) is 13.6. The highest BCUT2D eigenvalue weighted by atomic mass is 32.2. The number of benzene rings is 1. The molecule has 3 aromatic rings. The molecule has 7 heteroatoms. The van der Waals surface area contributed by atoms with Gasteiger partial charge in [-0.25, -0.2) is 4.98 Å². The van der Waals surface area contributed by atoms with Crippen LogP contribution in [0.2, 0.25) is 0 Å². The van der Waals surface area contributed by atoms with Crippen LogP contribution in [-0.2, 0) is 11.3 Å². The Morgan fingerprint density at radius 1 is 1.38 bits per heavy atom. The Kier molecular flexibility index (Phi) is 4.44. The summed E-state index contributed by atoms with van der Waals surface area (Å²) in [6.45, 7) is 3.49. The maximum Gasteiger partial charge on any atom is 0.265 e. The van der Waals surface area contributed by atoms with Crippen LogP contribution in [0.25, 0.3) is 11.1 Å². The van der Waals surface area contributed by atoms with Gasteiger partial charge in [-0.05, 0) is 38.3 Å². The van der Waals surface area contributed by atoms with Gasteiger partial charge in [-0.1, -0.05) is 6.07 Å². The van der Waals surface area contributed by atoms with E-state index in [9.17, 15) is 9.59 Å². The number of furan rings is 1. The molecule has 6 nitrogen and oxygen atoms in total. The van der Waals surface area contributed by atoms with Crippen molar-refractivity contribution < 1.29 is 9.21 Å². The van der Waals surface area contributed by atoms with Crippen molar-refractivity contribution >= 4 is 34.5 Å². The summed E-state index contributed by atoms with van der Waals surface area (Å²) in [6, 6.07) is 7.54. The molecular formula is C17H17N3O3S. The van der Waals surface area contributed by atoms with Crippen LogP contribution in [0.1, 0.15) is 11.3 Å². The Morgan fingerprint density at radius 2 is 2.17 bits per heavy atom. The Hall–Kier alpha value is -2.54. The van der Waals surface area contributed by atoms with Gasteiger partial charge in [-0.3, -0.25) is 14.2 Å². The monoisotopic (exact) mass is 343 g/mol. The highest BCUT2D eigenvalue weighted by molar-refractivity contribution is 7.98. The second kappa shape index (κ2) is 6.52. The molecule has 0 aliphatic rings. The summed E-state index contributed by atoms with van der Waals surface area (Å²) >= 11 is 1.59. The quantitative estimate of drug-likeness (QED) is 0.737. The molecular weight excluding hydrogens is 326 g/mol. The predicted molar refractivity (Wildman–Crippen MR) is 94.6 cm³/mol. The van der Waals surface area contributed by atoms with Crippen LogP contribution < -0.4 is 10.9 Å². The fourth-order valence-electron chi connectivity index (χ4n) is 2.44. The molecule has 124 valence electrons. The number of aryl methyl sites for hydroxylation is 2. The minimum Gasteiger partial charge on any atom is -0.443 e. The summed E-state index contributed by atoms with van der Waals surface area (Å²) in [5.41, 5.74) is 1.48. The molecule has 0 spiro atoms. The molecule has 2 heterocycles. The summed E-state index contributed by atoms with van der Waals surface area (Å²) in [5.74, 6) is 0.375. The van der Waals surface area contributed by atoms with E-state index in [0.717, 1.165) is 10.5 Å². The lowest BCUT2D eigenvalue weighted by Gasteiger charge is -2.08. The lowest BCUT2D eigenvalue weighted by atomic mass is 10.2. The highest BCUT2D eigenvalue weighted by Gasteiger charge is 2.15. The van der Waals surface area contributed by atoms with Gasteiger partial charge in [0.1, 0.15) is 24.0 Å². The maximum absolute atomic E-state index is 12.5. The van der Waals surface area contributed by atoms with Gasteiger partial charge in [0.25, 0.3) is 5.56 Å². The maximum atomic E-state index is 12.5. The minimum absolute atomic E-state index is 0.102. The Morgan fingerprint density at radius 3 is 2.92 bits per heavy atom. The van der Waals surface area contributed by atoms with Gasteiger partial charge < -0.3 is 9.73 Å². The van der Waals surface area contributed by atoms with E-state index in [1.54, 1.807) is 18.7 Å². The number of aromatic nitrogens is 2. The van der Waals surface area contributed by atoms with E-state index in [2.05, 4.69) is 10.3 Å². The largest absolute Gasteiger partial charge is 0.443 e. The summed E-state index contributed by atoms with van der Waals surface area (Å²) in [6.07, 6.45) is 3.31. The molecule has 1 amide bonds. The molecule has 0 saturated carbocycles. The van der Waals surface area contributed by atoms with Crippen LogP contribution in [0.4, 0.5) is 5.69 Å². The third kappa shape index (κ3) is 3.07. The first kappa shape index (κ1) is 16.3. The predicted octanol–water partition coefficient (Wildman–Crippen LogP) is 2.97. The molecule has 1 aromatic carbocycles. The van der Waals surface area contributed by atoms with Crippen LogP contribution in [0.3, 0.4) is 0 Å². The van der Waals surface area contributed by atoms with Crippen molar-refractivity contribution in [3.8, 4) is 0 Å². The van der Waals surface area contributed by atoms with Gasteiger partial charge in [-0.2, -0.15) is 0 Å². The van der Waals surface area contributed by atoms with E-state index in [4.69, 9.17) is 4.42 Å². The standard InChI is InChI=1S/C17H17N3O3S/c1-10-11(2)23-16-15(10)17(22)20(9-18-16)8-14(21)19-12-5-4-6-13(7-12)24-3/h4-7,9H,8H2,1-3H3,(H,19,21).